The van der Waals surface area contributed by atoms with Crippen LogP contribution in [-0.4, -0.2) is 20.2 Å². The third-order valence-electron chi connectivity index (χ3n) is 4.20. The van der Waals surface area contributed by atoms with Crippen molar-refractivity contribution in [2.75, 3.05) is 10.0 Å². The molecular weight excluding hydrogens is 390 g/mol. The predicted molar refractivity (Wildman–Crippen MR) is 111 cm³/mol. The van der Waals surface area contributed by atoms with Gasteiger partial charge in [0.1, 0.15) is 0 Å². The lowest BCUT2D eigenvalue weighted by Crippen LogP contribution is -2.16. The van der Waals surface area contributed by atoms with Crippen LogP contribution < -0.4 is 15.8 Å². The second kappa shape index (κ2) is 8.15. The van der Waals surface area contributed by atoms with Crippen molar-refractivity contribution in [3.05, 3.63) is 89.5 Å². The molecule has 0 aliphatic heterocycles. The van der Waals surface area contributed by atoms with E-state index in [0.29, 0.717) is 28.1 Å². The van der Waals surface area contributed by atoms with Crippen LogP contribution in [0.3, 0.4) is 0 Å². The smallest absolute Gasteiger partial charge is 0.261 e. The molecule has 0 spiro atoms. The van der Waals surface area contributed by atoms with Crippen LogP contribution in [0.25, 0.3) is 0 Å². The van der Waals surface area contributed by atoms with Gasteiger partial charge in [0.05, 0.1) is 4.90 Å². The first kappa shape index (κ1) is 20.1. The van der Waals surface area contributed by atoms with E-state index in [1.807, 2.05) is 0 Å². The van der Waals surface area contributed by atoms with Crippen molar-refractivity contribution in [1.82, 2.24) is 0 Å². The van der Waals surface area contributed by atoms with E-state index in [2.05, 4.69) is 10.0 Å². The van der Waals surface area contributed by atoms with Crippen LogP contribution in [0.2, 0.25) is 0 Å². The maximum absolute atomic E-state index is 12.4. The van der Waals surface area contributed by atoms with Crippen LogP contribution >= 0.6 is 0 Å². The molecule has 29 heavy (non-hydrogen) atoms. The van der Waals surface area contributed by atoms with Gasteiger partial charge in [-0.2, -0.15) is 0 Å². The third kappa shape index (κ3) is 4.80. The number of benzene rings is 3. The van der Waals surface area contributed by atoms with Crippen molar-refractivity contribution >= 4 is 33.2 Å². The lowest BCUT2D eigenvalue weighted by molar-refractivity contribution is 0.0997. The van der Waals surface area contributed by atoms with Gasteiger partial charge in [0.15, 0.2) is 0 Å². The minimum absolute atomic E-state index is 0.0413. The van der Waals surface area contributed by atoms with Gasteiger partial charge in [-0.3, -0.25) is 14.3 Å². The maximum Gasteiger partial charge on any atom is 0.261 e. The first-order chi connectivity index (χ1) is 13.8. The number of nitrogens with one attached hydrogen (secondary N) is 2. The topological polar surface area (TPSA) is 118 Å². The lowest BCUT2D eigenvalue weighted by atomic mass is 10.1. The van der Waals surface area contributed by atoms with Gasteiger partial charge in [-0.15, -0.1) is 0 Å². The van der Waals surface area contributed by atoms with E-state index >= 15 is 0 Å². The summed E-state index contributed by atoms with van der Waals surface area (Å²) < 4.78 is 27.4. The fraction of sp³-hybridized carbons (Fsp3) is 0.0476. The van der Waals surface area contributed by atoms with E-state index in [4.69, 9.17) is 5.73 Å². The normalized spacial score (nSPS) is 10.9. The van der Waals surface area contributed by atoms with Crippen LogP contribution in [0.5, 0.6) is 0 Å². The van der Waals surface area contributed by atoms with Gasteiger partial charge in [-0.1, -0.05) is 18.2 Å². The van der Waals surface area contributed by atoms with Gasteiger partial charge in [-0.25, -0.2) is 8.42 Å². The zero-order valence-corrected chi connectivity index (χ0v) is 16.4. The number of hydrogen-bond acceptors (Lipinski definition) is 4. The Morgan fingerprint density at radius 1 is 0.862 bits per heavy atom. The van der Waals surface area contributed by atoms with Crippen LogP contribution in [-0.2, 0) is 10.0 Å². The molecule has 148 valence electrons. The van der Waals surface area contributed by atoms with E-state index in [1.165, 1.54) is 30.3 Å². The monoisotopic (exact) mass is 409 g/mol. The largest absolute Gasteiger partial charge is 0.366 e. The molecule has 0 aromatic heterocycles. The first-order valence-electron chi connectivity index (χ1n) is 8.66. The summed E-state index contributed by atoms with van der Waals surface area (Å²) in [5, 5.41) is 2.71. The Bertz CT molecular complexity index is 1160. The number of hydrogen-bond donors (Lipinski definition) is 3. The first-order valence-corrected chi connectivity index (χ1v) is 10.1. The molecule has 0 saturated heterocycles. The lowest BCUT2D eigenvalue weighted by Gasteiger charge is -2.10. The van der Waals surface area contributed by atoms with Gasteiger partial charge in [0.2, 0.25) is 5.91 Å². The summed E-state index contributed by atoms with van der Waals surface area (Å²) in [6.45, 7) is 1.72. The Morgan fingerprint density at radius 2 is 1.52 bits per heavy atom. The minimum Gasteiger partial charge on any atom is -0.366 e. The second-order valence-electron chi connectivity index (χ2n) is 6.34. The molecule has 0 unspecified atom stereocenters. The summed E-state index contributed by atoms with van der Waals surface area (Å²) in [5.74, 6) is -0.947. The van der Waals surface area contributed by atoms with Gasteiger partial charge in [-0.05, 0) is 67.1 Å². The van der Waals surface area contributed by atoms with Gasteiger partial charge in [0.25, 0.3) is 15.9 Å². The molecule has 0 aliphatic carbocycles. The Balaban J connectivity index is 1.73. The van der Waals surface area contributed by atoms with Crippen LogP contribution in [0.15, 0.2) is 77.7 Å². The summed E-state index contributed by atoms with van der Waals surface area (Å²) in [6.07, 6.45) is 0. The number of nitrogens with two attached hydrogens (primary N) is 1. The molecule has 3 aromatic carbocycles. The van der Waals surface area contributed by atoms with Crippen molar-refractivity contribution in [2.24, 2.45) is 5.73 Å². The van der Waals surface area contributed by atoms with E-state index in [9.17, 15) is 18.0 Å². The van der Waals surface area contributed by atoms with Crippen molar-refractivity contribution in [2.45, 2.75) is 11.8 Å². The van der Waals surface area contributed by atoms with Crippen molar-refractivity contribution in [1.29, 1.82) is 0 Å². The molecular formula is C21H19N3O4S. The molecule has 0 fully saturated rings. The zero-order chi connectivity index (χ0) is 21.0. The number of amides is 2. The van der Waals surface area contributed by atoms with E-state index in [-0.39, 0.29) is 4.90 Å². The second-order valence-corrected chi connectivity index (χ2v) is 8.03. The summed E-state index contributed by atoms with van der Waals surface area (Å²) in [4.78, 5) is 23.8. The highest BCUT2D eigenvalue weighted by Crippen LogP contribution is 2.18. The molecule has 2 amide bonds. The summed E-state index contributed by atoms with van der Waals surface area (Å²) in [7, 11) is -3.76. The van der Waals surface area contributed by atoms with Gasteiger partial charge >= 0.3 is 0 Å². The molecule has 3 aromatic rings. The SMILES string of the molecule is Cc1cc(NC(=O)c2ccc(S(=O)(=O)Nc3ccccc3)cc2)ccc1C(N)=O. The minimum atomic E-state index is -3.76. The average Bonchev–Trinajstić information content (AvgIpc) is 2.68. The summed E-state index contributed by atoms with van der Waals surface area (Å²) in [5.41, 5.74) is 7.53. The molecule has 0 bridgehead atoms. The Kier molecular flexibility index (Phi) is 5.65. The predicted octanol–water partition coefficient (Wildman–Crippen LogP) is 3.15. The highest BCUT2D eigenvalue weighted by atomic mass is 32.2. The molecule has 8 heteroatoms. The Morgan fingerprint density at radius 3 is 2.10 bits per heavy atom. The van der Waals surface area contributed by atoms with E-state index in [1.54, 1.807) is 49.4 Å². The third-order valence-corrected chi connectivity index (χ3v) is 5.60. The average molecular weight is 409 g/mol. The molecule has 0 radical (unpaired) electrons. The molecule has 0 saturated carbocycles. The number of carbonyl (C=O) groups excluding carboxylic acids is 2. The molecule has 7 nitrogen and oxygen atoms in total. The fourth-order valence-corrected chi connectivity index (χ4v) is 3.79. The number of rotatable bonds is 6. The number of anilines is 2. The van der Waals surface area contributed by atoms with Crippen molar-refractivity contribution in [3.63, 3.8) is 0 Å². The number of aryl methyl sites for hydroxylation is 1. The quantitative estimate of drug-likeness (QED) is 0.579. The number of primary amides is 1. The van der Waals surface area contributed by atoms with Gasteiger partial charge < -0.3 is 11.1 Å². The highest BCUT2D eigenvalue weighted by Gasteiger charge is 2.15. The zero-order valence-electron chi connectivity index (χ0n) is 15.5. The Hall–Kier alpha value is -3.65. The number of carbonyl (C=O) groups is 2. The van der Waals surface area contributed by atoms with Gasteiger partial charge in [0, 0.05) is 22.5 Å². The Labute approximate surface area is 168 Å². The molecule has 0 atom stereocenters. The molecule has 3 rings (SSSR count). The molecule has 0 heterocycles. The maximum atomic E-state index is 12.4. The molecule has 4 N–H and O–H groups in total. The van der Waals surface area contributed by atoms with E-state index in [0.717, 1.165) is 0 Å². The highest BCUT2D eigenvalue weighted by molar-refractivity contribution is 7.92. The van der Waals surface area contributed by atoms with Crippen LogP contribution in [0.4, 0.5) is 11.4 Å². The van der Waals surface area contributed by atoms with E-state index < -0.39 is 21.8 Å². The van der Waals surface area contributed by atoms with Crippen LogP contribution in [0.1, 0.15) is 26.3 Å². The summed E-state index contributed by atoms with van der Waals surface area (Å²) in [6, 6.07) is 18.9. The van der Waals surface area contributed by atoms with Crippen molar-refractivity contribution < 1.29 is 18.0 Å². The molecule has 0 aliphatic rings. The summed E-state index contributed by atoms with van der Waals surface area (Å²) >= 11 is 0. The number of para-hydroxylation sites is 1. The van der Waals surface area contributed by atoms with Crippen molar-refractivity contribution in [3.8, 4) is 0 Å². The number of sulfonamides is 1. The fourth-order valence-electron chi connectivity index (χ4n) is 2.73. The standard InChI is InChI=1S/C21H19N3O4S/c1-14-13-17(9-12-19(14)20(22)25)23-21(26)15-7-10-18(11-8-15)29(27,28)24-16-5-3-2-4-6-16/h2-13,24H,1H3,(H2,22,25)(H,23,26). The van der Waals surface area contributed by atoms with Crippen LogP contribution in [0, 0.1) is 6.92 Å².